The number of ether oxygens (including phenoxy) is 2. The molecule has 0 bridgehead atoms. The first-order valence-electron chi connectivity index (χ1n) is 6.94. The third-order valence-electron chi connectivity index (χ3n) is 3.27. The maximum absolute atomic E-state index is 6.15. The second-order valence-electron chi connectivity index (χ2n) is 4.70. The molecule has 0 saturated carbocycles. The van der Waals surface area contributed by atoms with Crippen molar-refractivity contribution in [1.29, 1.82) is 0 Å². The van der Waals surface area contributed by atoms with E-state index in [0.29, 0.717) is 10.8 Å². The molecular formula is C17H20ClNO2. The predicted octanol–water partition coefficient (Wildman–Crippen LogP) is 4.40. The lowest BCUT2D eigenvalue weighted by Gasteiger charge is -2.13. The first-order valence-corrected chi connectivity index (χ1v) is 7.31. The van der Waals surface area contributed by atoms with E-state index in [-0.39, 0.29) is 0 Å². The van der Waals surface area contributed by atoms with Gasteiger partial charge in [-0.25, -0.2) is 0 Å². The van der Waals surface area contributed by atoms with Crippen LogP contribution in [0.2, 0.25) is 5.02 Å². The lowest BCUT2D eigenvalue weighted by atomic mass is 10.1. The van der Waals surface area contributed by atoms with E-state index in [1.807, 2.05) is 12.1 Å². The van der Waals surface area contributed by atoms with Crippen molar-refractivity contribution in [3.05, 3.63) is 53.1 Å². The number of anilines is 1. The van der Waals surface area contributed by atoms with Gasteiger partial charge in [0.05, 0.1) is 24.9 Å². The summed E-state index contributed by atoms with van der Waals surface area (Å²) in [6.45, 7) is 0.855. The molecule has 0 amide bonds. The Bertz CT molecular complexity index is 573. The summed E-state index contributed by atoms with van der Waals surface area (Å²) in [7, 11) is 3.23. The number of methoxy groups -OCH3 is 2. The molecule has 0 atom stereocenters. The molecule has 0 radical (unpaired) electrons. The van der Waals surface area contributed by atoms with Crippen molar-refractivity contribution in [2.24, 2.45) is 0 Å². The molecule has 0 aliphatic heterocycles. The molecule has 0 aliphatic carbocycles. The normalized spacial score (nSPS) is 10.2. The molecule has 0 unspecified atom stereocenters. The standard InChI is InChI=1S/C17H20ClNO2/c1-20-16-12-17(21-2)15(11-14(16)18)19-10-6-9-13-7-4-3-5-8-13/h3-5,7-8,11-12,19H,6,9-10H2,1-2H3. The monoisotopic (exact) mass is 305 g/mol. The average Bonchev–Trinajstić information content (AvgIpc) is 2.52. The Hall–Kier alpha value is -1.87. The zero-order valence-corrected chi connectivity index (χ0v) is 13.1. The van der Waals surface area contributed by atoms with Gasteiger partial charge in [0.25, 0.3) is 0 Å². The topological polar surface area (TPSA) is 30.5 Å². The lowest BCUT2D eigenvalue weighted by molar-refractivity contribution is 0.395. The van der Waals surface area contributed by atoms with Gasteiger partial charge in [-0.3, -0.25) is 0 Å². The van der Waals surface area contributed by atoms with Crippen LogP contribution in [0.25, 0.3) is 0 Å². The van der Waals surface area contributed by atoms with Crippen LogP contribution in [0.3, 0.4) is 0 Å². The van der Waals surface area contributed by atoms with Crippen molar-refractivity contribution in [2.75, 3.05) is 26.1 Å². The molecule has 0 heterocycles. The van der Waals surface area contributed by atoms with E-state index in [2.05, 4.69) is 29.6 Å². The first kappa shape index (κ1) is 15.5. The fourth-order valence-corrected chi connectivity index (χ4v) is 2.40. The van der Waals surface area contributed by atoms with Gasteiger partial charge in [0.15, 0.2) is 0 Å². The number of halogens is 1. The fourth-order valence-electron chi connectivity index (χ4n) is 2.16. The van der Waals surface area contributed by atoms with Crippen LogP contribution in [0, 0.1) is 0 Å². The number of benzene rings is 2. The van der Waals surface area contributed by atoms with E-state index in [9.17, 15) is 0 Å². The maximum Gasteiger partial charge on any atom is 0.145 e. The van der Waals surface area contributed by atoms with E-state index in [1.54, 1.807) is 20.3 Å². The summed E-state index contributed by atoms with van der Waals surface area (Å²) < 4.78 is 10.5. The summed E-state index contributed by atoms with van der Waals surface area (Å²) in [6.07, 6.45) is 2.08. The Morgan fingerprint density at radius 1 is 1.00 bits per heavy atom. The minimum Gasteiger partial charge on any atom is -0.495 e. The van der Waals surface area contributed by atoms with Crippen molar-refractivity contribution in [2.45, 2.75) is 12.8 Å². The average molecular weight is 306 g/mol. The zero-order valence-electron chi connectivity index (χ0n) is 12.4. The van der Waals surface area contributed by atoms with Gasteiger partial charge in [-0.1, -0.05) is 41.9 Å². The lowest BCUT2D eigenvalue weighted by Crippen LogP contribution is -2.05. The molecule has 1 N–H and O–H groups in total. The number of aryl methyl sites for hydroxylation is 1. The summed E-state index contributed by atoms with van der Waals surface area (Å²) in [5, 5.41) is 3.93. The molecule has 0 saturated heterocycles. The SMILES string of the molecule is COc1cc(OC)c(NCCCc2ccccc2)cc1Cl. The van der Waals surface area contributed by atoms with Crippen LogP contribution in [-0.4, -0.2) is 20.8 Å². The van der Waals surface area contributed by atoms with Crippen LogP contribution in [0.4, 0.5) is 5.69 Å². The Kier molecular flexibility index (Phi) is 5.76. The molecule has 0 aliphatic rings. The molecule has 4 heteroatoms. The number of rotatable bonds is 7. The highest BCUT2D eigenvalue weighted by molar-refractivity contribution is 6.32. The third-order valence-corrected chi connectivity index (χ3v) is 3.57. The van der Waals surface area contributed by atoms with Crippen LogP contribution in [-0.2, 0) is 6.42 Å². The molecular weight excluding hydrogens is 286 g/mol. The molecule has 0 aromatic heterocycles. The van der Waals surface area contributed by atoms with Gasteiger partial charge in [0.1, 0.15) is 11.5 Å². The molecule has 0 fully saturated rings. The maximum atomic E-state index is 6.15. The van der Waals surface area contributed by atoms with Crippen molar-refractivity contribution < 1.29 is 9.47 Å². The highest BCUT2D eigenvalue weighted by Crippen LogP contribution is 2.35. The van der Waals surface area contributed by atoms with Crippen molar-refractivity contribution in [3.63, 3.8) is 0 Å². The van der Waals surface area contributed by atoms with Crippen LogP contribution in [0.5, 0.6) is 11.5 Å². The molecule has 2 aromatic carbocycles. The van der Waals surface area contributed by atoms with Gasteiger partial charge in [0.2, 0.25) is 0 Å². The summed E-state index contributed by atoms with van der Waals surface area (Å²) >= 11 is 6.15. The molecule has 0 spiro atoms. The summed E-state index contributed by atoms with van der Waals surface area (Å²) in [5.41, 5.74) is 2.23. The second kappa shape index (κ2) is 7.79. The van der Waals surface area contributed by atoms with Crippen LogP contribution < -0.4 is 14.8 Å². The van der Waals surface area contributed by atoms with Crippen molar-refractivity contribution in [3.8, 4) is 11.5 Å². The van der Waals surface area contributed by atoms with Gasteiger partial charge in [-0.05, 0) is 24.5 Å². The van der Waals surface area contributed by atoms with E-state index < -0.39 is 0 Å². The molecule has 2 rings (SSSR count). The fraction of sp³-hybridized carbons (Fsp3) is 0.294. The highest BCUT2D eigenvalue weighted by atomic mass is 35.5. The van der Waals surface area contributed by atoms with Gasteiger partial charge in [0, 0.05) is 12.6 Å². The number of hydrogen-bond acceptors (Lipinski definition) is 3. The van der Waals surface area contributed by atoms with Gasteiger partial charge in [-0.2, -0.15) is 0 Å². The Morgan fingerprint density at radius 2 is 1.71 bits per heavy atom. The van der Waals surface area contributed by atoms with E-state index in [0.717, 1.165) is 30.8 Å². The largest absolute Gasteiger partial charge is 0.495 e. The smallest absolute Gasteiger partial charge is 0.145 e. The first-order chi connectivity index (χ1) is 10.2. The van der Waals surface area contributed by atoms with Crippen LogP contribution >= 0.6 is 11.6 Å². The number of nitrogens with one attached hydrogen (secondary N) is 1. The summed E-state index contributed by atoms with van der Waals surface area (Å²) in [4.78, 5) is 0. The van der Waals surface area contributed by atoms with Crippen molar-refractivity contribution >= 4 is 17.3 Å². The Morgan fingerprint density at radius 3 is 2.38 bits per heavy atom. The Labute approximate surface area is 130 Å². The van der Waals surface area contributed by atoms with Crippen molar-refractivity contribution in [1.82, 2.24) is 0 Å². The van der Waals surface area contributed by atoms with E-state index >= 15 is 0 Å². The molecule has 112 valence electrons. The number of hydrogen-bond donors (Lipinski definition) is 1. The quantitative estimate of drug-likeness (QED) is 0.769. The van der Waals surface area contributed by atoms with Gasteiger partial charge in [-0.15, -0.1) is 0 Å². The highest BCUT2D eigenvalue weighted by Gasteiger charge is 2.09. The van der Waals surface area contributed by atoms with Crippen LogP contribution in [0.1, 0.15) is 12.0 Å². The minimum atomic E-state index is 0.573. The summed E-state index contributed by atoms with van der Waals surface area (Å²) in [5.74, 6) is 1.35. The van der Waals surface area contributed by atoms with Crippen LogP contribution in [0.15, 0.2) is 42.5 Å². The second-order valence-corrected chi connectivity index (χ2v) is 5.11. The molecule has 3 nitrogen and oxygen atoms in total. The summed E-state index contributed by atoms with van der Waals surface area (Å²) in [6, 6.07) is 14.1. The predicted molar refractivity (Wildman–Crippen MR) is 87.8 cm³/mol. The van der Waals surface area contributed by atoms with Gasteiger partial charge < -0.3 is 14.8 Å². The molecule has 21 heavy (non-hydrogen) atoms. The molecule has 2 aromatic rings. The van der Waals surface area contributed by atoms with Gasteiger partial charge >= 0.3 is 0 Å². The Balaban J connectivity index is 1.92. The van der Waals surface area contributed by atoms with E-state index in [4.69, 9.17) is 21.1 Å². The minimum absolute atomic E-state index is 0.573. The third kappa shape index (κ3) is 4.30. The zero-order chi connectivity index (χ0) is 15.1. The van der Waals surface area contributed by atoms with E-state index in [1.165, 1.54) is 5.56 Å².